The Morgan fingerprint density at radius 2 is 2.31 bits per heavy atom. The SMILES string of the molecule is C/C(=C\c1ccc(Cl)cn1)C(=O)O. The van der Waals surface area contributed by atoms with E-state index in [4.69, 9.17) is 16.7 Å². The first-order valence-corrected chi connectivity index (χ1v) is 4.00. The van der Waals surface area contributed by atoms with E-state index in [0.717, 1.165) is 0 Å². The minimum Gasteiger partial charge on any atom is -0.478 e. The average Bonchev–Trinajstić information content (AvgIpc) is 2.08. The summed E-state index contributed by atoms with van der Waals surface area (Å²) in [5, 5.41) is 9.11. The molecule has 1 N–H and O–H groups in total. The second-order valence-electron chi connectivity index (χ2n) is 2.53. The molecule has 0 bridgehead atoms. The first-order chi connectivity index (χ1) is 6.09. The number of nitrogens with zero attached hydrogens (tertiary/aromatic N) is 1. The highest BCUT2D eigenvalue weighted by Crippen LogP contribution is 2.08. The molecule has 0 aliphatic rings. The minimum atomic E-state index is -0.947. The van der Waals surface area contributed by atoms with Crippen LogP contribution >= 0.6 is 11.6 Å². The zero-order valence-electron chi connectivity index (χ0n) is 6.99. The van der Waals surface area contributed by atoms with Crippen molar-refractivity contribution in [3.63, 3.8) is 0 Å². The molecule has 4 heteroatoms. The van der Waals surface area contributed by atoms with Gasteiger partial charge in [-0.15, -0.1) is 0 Å². The van der Waals surface area contributed by atoms with Gasteiger partial charge in [0.1, 0.15) is 0 Å². The van der Waals surface area contributed by atoms with E-state index >= 15 is 0 Å². The average molecular weight is 198 g/mol. The van der Waals surface area contributed by atoms with Crippen molar-refractivity contribution in [1.82, 2.24) is 4.98 Å². The lowest BCUT2D eigenvalue weighted by atomic mass is 10.2. The molecule has 1 rings (SSSR count). The van der Waals surface area contributed by atoms with Gasteiger partial charge in [0.25, 0.3) is 0 Å². The first-order valence-electron chi connectivity index (χ1n) is 3.63. The van der Waals surface area contributed by atoms with Gasteiger partial charge in [0, 0.05) is 11.8 Å². The van der Waals surface area contributed by atoms with Crippen LogP contribution in [-0.2, 0) is 4.79 Å². The molecule has 0 unspecified atom stereocenters. The van der Waals surface area contributed by atoms with Crippen molar-refractivity contribution in [3.05, 3.63) is 34.6 Å². The van der Waals surface area contributed by atoms with Crippen LogP contribution in [0.5, 0.6) is 0 Å². The van der Waals surface area contributed by atoms with Crippen LogP contribution in [-0.4, -0.2) is 16.1 Å². The molecule has 0 saturated carbocycles. The molecule has 0 aromatic carbocycles. The van der Waals surface area contributed by atoms with E-state index in [1.165, 1.54) is 19.2 Å². The molecule has 0 aliphatic carbocycles. The van der Waals surface area contributed by atoms with Crippen molar-refractivity contribution in [1.29, 1.82) is 0 Å². The fourth-order valence-electron chi connectivity index (χ4n) is 0.756. The summed E-state index contributed by atoms with van der Waals surface area (Å²) in [6, 6.07) is 3.32. The highest BCUT2D eigenvalue weighted by Gasteiger charge is 1.99. The molecule has 1 aromatic rings. The van der Waals surface area contributed by atoms with Gasteiger partial charge in [-0.25, -0.2) is 4.79 Å². The maximum Gasteiger partial charge on any atom is 0.331 e. The predicted octanol–water partition coefficient (Wildman–Crippen LogP) is 2.22. The molecular weight excluding hydrogens is 190 g/mol. The number of hydrogen-bond acceptors (Lipinski definition) is 2. The van der Waals surface area contributed by atoms with Gasteiger partial charge in [0.05, 0.1) is 10.7 Å². The molecule has 0 radical (unpaired) electrons. The number of aromatic nitrogens is 1. The molecule has 68 valence electrons. The Bertz CT molecular complexity index is 343. The number of halogens is 1. The molecule has 0 aliphatic heterocycles. The Morgan fingerprint density at radius 1 is 1.62 bits per heavy atom. The molecule has 3 nitrogen and oxygen atoms in total. The number of carbonyl (C=O) groups is 1. The second-order valence-corrected chi connectivity index (χ2v) is 2.97. The number of rotatable bonds is 2. The van der Waals surface area contributed by atoms with Crippen LogP contribution in [0.1, 0.15) is 12.6 Å². The summed E-state index contributed by atoms with van der Waals surface area (Å²) in [7, 11) is 0. The molecule has 0 amide bonds. The summed E-state index contributed by atoms with van der Waals surface area (Å²) in [5.74, 6) is -0.947. The number of carboxylic acid groups (broad SMARTS) is 1. The molecule has 0 spiro atoms. The van der Waals surface area contributed by atoms with Crippen LogP contribution in [0.15, 0.2) is 23.9 Å². The van der Waals surface area contributed by atoms with Gasteiger partial charge in [-0.2, -0.15) is 0 Å². The van der Waals surface area contributed by atoms with Gasteiger partial charge in [0.15, 0.2) is 0 Å². The fourth-order valence-corrected chi connectivity index (χ4v) is 0.868. The molecule has 0 fully saturated rings. The summed E-state index contributed by atoms with van der Waals surface area (Å²) in [6.45, 7) is 1.51. The summed E-state index contributed by atoms with van der Waals surface area (Å²) < 4.78 is 0. The van der Waals surface area contributed by atoms with Gasteiger partial charge < -0.3 is 5.11 Å². The zero-order valence-corrected chi connectivity index (χ0v) is 7.75. The van der Waals surface area contributed by atoms with Gasteiger partial charge in [0.2, 0.25) is 0 Å². The standard InChI is InChI=1S/C9H8ClNO2/c1-6(9(12)13)4-8-3-2-7(10)5-11-8/h2-5H,1H3,(H,12,13)/b6-4+. The fraction of sp³-hybridized carbons (Fsp3) is 0.111. The van der Waals surface area contributed by atoms with E-state index in [1.807, 2.05) is 0 Å². The van der Waals surface area contributed by atoms with Crippen molar-refractivity contribution in [2.75, 3.05) is 0 Å². The largest absolute Gasteiger partial charge is 0.478 e. The monoisotopic (exact) mass is 197 g/mol. The lowest BCUT2D eigenvalue weighted by Crippen LogP contribution is -1.95. The van der Waals surface area contributed by atoms with Crippen LogP contribution in [0.4, 0.5) is 0 Å². The molecule has 0 atom stereocenters. The quantitative estimate of drug-likeness (QED) is 0.740. The lowest BCUT2D eigenvalue weighted by molar-refractivity contribution is -0.132. The highest BCUT2D eigenvalue weighted by molar-refractivity contribution is 6.30. The van der Waals surface area contributed by atoms with E-state index in [2.05, 4.69) is 4.98 Å². The van der Waals surface area contributed by atoms with Gasteiger partial charge in [-0.05, 0) is 25.1 Å². The number of hydrogen-bond donors (Lipinski definition) is 1. The molecule has 13 heavy (non-hydrogen) atoms. The van der Waals surface area contributed by atoms with E-state index < -0.39 is 5.97 Å². The van der Waals surface area contributed by atoms with Gasteiger partial charge >= 0.3 is 5.97 Å². The van der Waals surface area contributed by atoms with Crippen molar-refractivity contribution in [3.8, 4) is 0 Å². The Kier molecular flexibility index (Phi) is 3.03. The number of aliphatic carboxylic acids is 1. The lowest BCUT2D eigenvalue weighted by Gasteiger charge is -1.94. The van der Waals surface area contributed by atoms with E-state index in [1.54, 1.807) is 12.1 Å². The van der Waals surface area contributed by atoms with Crippen LogP contribution in [0.2, 0.25) is 5.02 Å². The van der Waals surface area contributed by atoms with Crippen LogP contribution < -0.4 is 0 Å². The Balaban J connectivity index is 2.92. The van der Waals surface area contributed by atoms with Crippen molar-refractivity contribution < 1.29 is 9.90 Å². The van der Waals surface area contributed by atoms with Gasteiger partial charge in [-0.1, -0.05) is 11.6 Å². The number of carboxylic acids is 1. The summed E-state index contributed by atoms with van der Waals surface area (Å²) >= 11 is 5.61. The van der Waals surface area contributed by atoms with E-state index in [0.29, 0.717) is 10.7 Å². The Hall–Kier alpha value is -1.35. The highest BCUT2D eigenvalue weighted by atomic mass is 35.5. The third-order valence-corrected chi connectivity index (χ3v) is 1.68. The van der Waals surface area contributed by atoms with Crippen LogP contribution in [0.3, 0.4) is 0 Å². The zero-order chi connectivity index (χ0) is 9.84. The predicted molar refractivity (Wildman–Crippen MR) is 50.5 cm³/mol. The van der Waals surface area contributed by atoms with Crippen molar-refractivity contribution in [2.45, 2.75) is 6.92 Å². The maximum absolute atomic E-state index is 10.4. The maximum atomic E-state index is 10.4. The normalized spacial score (nSPS) is 11.4. The topological polar surface area (TPSA) is 50.2 Å². The van der Waals surface area contributed by atoms with E-state index in [-0.39, 0.29) is 5.57 Å². The van der Waals surface area contributed by atoms with Crippen molar-refractivity contribution >= 4 is 23.6 Å². The summed E-state index contributed by atoms with van der Waals surface area (Å²) in [4.78, 5) is 14.4. The second kappa shape index (κ2) is 4.05. The minimum absolute atomic E-state index is 0.245. The van der Waals surface area contributed by atoms with Gasteiger partial charge in [-0.3, -0.25) is 4.98 Å². The smallest absolute Gasteiger partial charge is 0.331 e. The first kappa shape index (κ1) is 9.74. The third kappa shape index (κ3) is 2.87. The summed E-state index contributed by atoms with van der Waals surface area (Å²) in [5.41, 5.74) is 0.833. The number of pyridine rings is 1. The van der Waals surface area contributed by atoms with Crippen LogP contribution in [0.25, 0.3) is 6.08 Å². The Labute approximate surface area is 80.7 Å². The molecule has 1 aromatic heterocycles. The van der Waals surface area contributed by atoms with Crippen molar-refractivity contribution in [2.24, 2.45) is 0 Å². The molecular formula is C9H8ClNO2. The molecule has 1 heterocycles. The third-order valence-electron chi connectivity index (χ3n) is 1.45. The van der Waals surface area contributed by atoms with E-state index in [9.17, 15) is 4.79 Å². The molecule has 0 saturated heterocycles. The summed E-state index contributed by atoms with van der Waals surface area (Å²) in [6.07, 6.45) is 2.96. The Morgan fingerprint density at radius 3 is 2.77 bits per heavy atom. The van der Waals surface area contributed by atoms with Crippen LogP contribution in [0, 0.1) is 0 Å².